The molecule has 0 atom stereocenters. The zero-order valence-electron chi connectivity index (χ0n) is 22.2. The average Bonchev–Trinajstić information content (AvgIpc) is 3.29. The predicted molar refractivity (Wildman–Crippen MR) is 151 cm³/mol. The van der Waals surface area contributed by atoms with Crippen molar-refractivity contribution in [2.45, 2.75) is 13.8 Å². The van der Waals surface area contributed by atoms with Gasteiger partial charge in [0.1, 0.15) is 28.4 Å². The van der Waals surface area contributed by atoms with Crippen LogP contribution in [-0.4, -0.2) is 68.8 Å². The molecular formula is C28H26ClFN8O2. The van der Waals surface area contributed by atoms with Gasteiger partial charge in [-0.15, -0.1) is 0 Å². The van der Waals surface area contributed by atoms with Crippen LogP contribution in [0.2, 0.25) is 5.02 Å². The summed E-state index contributed by atoms with van der Waals surface area (Å²) in [6.07, 6.45) is 3.27. The third kappa shape index (κ3) is 4.62. The van der Waals surface area contributed by atoms with Gasteiger partial charge in [-0.1, -0.05) is 11.6 Å². The van der Waals surface area contributed by atoms with Gasteiger partial charge in [0.05, 0.1) is 29.8 Å². The highest BCUT2D eigenvalue weighted by molar-refractivity contribution is 6.33. The molecule has 10 nitrogen and oxygen atoms in total. The van der Waals surface area contributed by atoms with Gasteiger partial charge in [0.15, 0.2) is 0 Å². The van der Waals surface area contributed by atoms with E-state index in [-0.39, 0.29) is 12.0 Å². The van der Waals surface area contributed by atoms with E-state index >= 15 is 4.39 Å². The third-order valence-corrected chi connectivity index (χ3v) is 7.27. The molecule has 2 aromatic carbocycles. The molecule has 6 rings (SSSR count). The lowest BCUT2D eigenvalue weighted by Gasteiger charge is -2.37. The van der Waals surface area contributed by atoms with E-state index < -0.39 is 5.82 Å². The molecule has 1 fully saturated rings. The second-order valence-corrected chi connectivity index (χ2v) is 9.94. The van der Waals surface area contributed by atoms with Crippen molar-refractivity contribution in [3.05, 3.63) is 71.2 Å². The molecular weight excluding hydrogens is 535 g/mol. The number of amides is 2. The van der Waals surface area contributed by atoms with Gasteiger partial charge in [-0.3, -0.25) is 4.98 Å². The Bertz CT molecular complexity index is 1770. The monoisotopic (exact) mass is 560 g/mol. The van der Waals surface area contributed by atoms with E-state index in [1.807, 2.05) is 18.5 Å². The number of nitrogens with one attached hydrogen (secondary N) is 1. The number of carbonyl (C=O) groups excluding carboxylic acids is 1. The number of hydrogen-bond acceptors (Lipinski definition) is 7. The quantitative estimate of drug-likeness (QED) is 0.336. The van der Waals surface area contributed by atoms with Crippen molar-refractivity contribution in [1.82, 2.24) is 34.8 Å². The SMILES string of the molecule is CNC(=O)N1CCN(n2c(C)nc3cnc4cc(F)c(-c5ccc(Oc6nccc(C)n6)cc5Cl)cc4c32)CC1. The van der Waals surface area contributed by atoms with Crippen molar-refractivity contribution in [1.29, 1.82) is 0 Å². The molecule has 1 N–H and O–H groups in total. The Morgan fingerprint density at radius 3 is 2.52 bits per heavy atom. The minimum absolute atomic E-state index is 0.0960. The molecule has 0 saturated carbocycles. The van der Waals surface area contributed by atoms with Crippen LogP contribution in [0.5, 0.6) is 11.8 Å². The van der Waals surface area contributed by atoms with Gasteiger partial charge in [-0.25, -0.2) is 28.8 Å². The van der Waals surface area contributed by atoms with E-state index in [1.165, 1.54) is 6.07 Å². The summed E-state index contributed by atoms with van der Waals surface area (Å²) in [5, 5.41) is 5.89. The van der Waals surface area contributed by atoms with Crippen LogP contribution in [0.15, 0.2) is 48.8 Å². The van der Waals surface area contributed by atoms with Crippen molar-refractivity contribution in [3.8, 4) is 22.9 Å². The lowest BCUT2D eigenvalue weighted by Crippen LogP contribution is -2.54. The maximum Gasteiger partial charge on any atom is 0.322 e. The fourth-order valence-corrected chi connectivity index (χ4v) is 5.32. The molecule has 204 valence electrons. The summed E-state index contributed by atoms with van der Waals surface area (Å²) in [4.78, 5) is 31.4. The highest BCUT2D eigenvalue weighted by atomic mass is 35.5. The minimum atomic E-state index is -0.445. The first-order valence-corrected chi connectivity index (χ1v) is 13.2. The van der Waals surface area contributed by atoms with E-state index in [1.54, 1.807) is 54.7 Å². The van der Waals surface area contributed by atoms with Crippen molar-refractivity contribution < 1.29 is 13.9 Å². The van der Waals surface area contributed by atoms with Crippen LogP contribution in [0.25, 0.3) is 33.1 Å². The number of halogens is 2. The van der Waals surface area contributed by atoms with Crippen molar-refractivity contribution >= 4 is 39.6 Å². The lowest BCUT2D eigenvalue weighted by atomic mass is 10.0. The molecule has 4 heterocycles. The van der Waals surface area contributed by atoms with Crippen LogP contribution in [0.3, 0.4) is 0 Å². The molecule has 0 spiro atoms. The van der Waals surface area contributed by atoms with Gasteiger partial charge < -0.3 is 20.0 Å². The Morgan fingerprint density at radius 1 is 1.00 bits per heavy atom. The second-order valence-electron chi connectivity index (χ2n) is 9.53. The number of imidazole rings is 1. The van der Waals surface area contributed by atoms with Crippen molar-refractivity contribution in [2.24, 2.45) is 0 Å². The first-order chi connectivity index (χ1) is 19.3. The molecule has 1 aliphatic rings. The van der Waals surface area contributed by atoms with E-state index in [0.717, 1.165) is 22.4 Å². The number of rotatable bonds is 4. The molecule has 0 unspecified atom stereocenters. The number of urea groups is 1. The number of aryl methyl sites for hydroxylation is 2. The summed E-state index contributed by atoms with van der Waals surface area (Å²) < 4.78 is 23.3. The van der Waals surface area contributed by atoms with Gasteiger partial charge in [-0.05, 0) is 38.1 Å². The second kappa shape index (κ2) is 10.2. The number of ether oxygens (including phenoxy) is 1. The lowest BCUT2D eigenvalue weighted by molar-refractivity contribution is 0.193. The fraction of sp³-hybridized carbons (Fsp3) is 0.250. The first kappa shape index (κ1) is 25.8. The molecule has 1 aliphatic heterocycles. The number of hydrogen-bond donors (Lipinski definition) is 1. The zero-order chi connectivity index (χ0) is 28.0. The highest BCUT2D eigenvalue weighted by Gasteiger charge is 2.24. The zero-order valence-corrected chi connectivity index (χ0v) is 22.9. The predicted octanol–water partition coefficient (Wildman–Crippen LogP) is 4.84. The molecule has 1 saturated heterocycles. The Balaban J connectivity index is 1.40. The van der Waals surface area contributed by atoms with Gasteiger partial charge >= 0.3 is 12.0 Å². The number of aromatic nitrogens is 5. The van der Waals surface area contributed by atoms with Gasteiger partial charge in [0.2, 0.25) is 0 Å². The minimum Gasteiger partial charge on any atom is -0.424 e. The highest BCUT2D eigenvalue weighted by Crippen LogP contribution is 2.37. The number of carbonyl (C=O) groups is 1. The maximum absolute atomic E-state index is 15.5. The molecule has 5 aromatic rings. The van der Waals surface area contributed by atoms with Crippen LogP contribution in [-0.2, 0) is 0 Å². The molecule has 2 amide bonds. The average molecular weight is 561 g/mol. The Hall–Kier alpha value is -4.51. The van der Waals surface area contributed by atoms with E-state index in [9.17, 15) is 4.79 Å². The van der Waals surface area contributed by atoms with E-state index in [0.29, 0.717) is 59.1 Å². The van der Waals surface area contributed by atoms with Crippen LogP contribution < -0.4 is 15.1 Å². The Labute approximate surface area is 234 Å². The molecule has 12 heteroatoms. The van der Waals surface area contributed by atoms with E-state index in [4.69, 9.17) is 21.3 Å². The number of fused-ring (bicyclic) bond motifs is 3. The number of piperazine rings is 1. The Morgan fingerprint density at radius 2 is 1.80 bits per heavy atom. The molecule has 0 aliphatic carbocycles. The summed E-state index contributed by atoms with van der Waals surface area (Å²) in [7, 11) is 1.63. The van der Waals surface area contributed by atoms with Crippen LogP contribution in [0.4, 0.5) is 9.18 Å². The largest absolute Gasteiger partial charge is 0.424 e. The molecule has 40 heavy (non-hydrogen) atoms. The molecule has 0 radical (unpaired) electrons. The summed E-state index contributed by atoms with van der Waals surface area (Å²) in [5.74, 6) is 0.773. The van der Waals surface area contributed by atoms with Gasteiger partial charge in [0, 0.05) is 60.7 Å². The Kier molecular flexibility index (Phi) is 6.59. The van der Waals surface area contributed by atoms with Crippen LogP contribution in [0.1, 0.15) is 11.5 Å². The first-order valence-electron chi connectivity index (χ1n) is 12.8. The number of nitrogens with zero attached hydrogens (tertiary/aromatic N) is 7. The van der Waals surface area contributed by atoms with Gasteiger partial charge in [-0.2, -0.15) is 0 Å². The van der Waals surface area contributed by atoms with Crippen molar-refractivity contribution in [2.75, 3.05) is 38.2 Å². The standard InChI is InChI=1S/C28H26ClFN8O2/c1-16-6-7-32-27(34-16)40-18-4-5-19(22(29)12-18)20-13-21-24(14-23(20)30)33-15-25-26(21)38(17(2)35-25)37-10-8-36(9-11-37)28(39)31-3/h4-7,12-15H,8-11H2,1-3H3,(H,31,39). The number of benzene rings is 2. The molecule has 0 bridgehead atoms. The topological polar surface area (TPSA) is 101 Å². The normalized spacial score (nSPS) is 13.7. The van der Waals surface area contributed by atoms with Crippen LogP contribution >= 0.6 is 11.6 Å². The number of pyridine rings is 1. The fourth-order valence-electron chi connectivity index (χ4n) is 5.04. The van der Waals surface area contributed by atoms with Crippen LogP contribution in [0, 0.1) is 19.7 Å². The van der Waals surface area contributed by atoms with Gasteiger partial charge in [0.25, 0.3) is 0 Å². The summed E-state index contributed by atoms with van der Waals surface area (Å²) in [6, 6.07) is 10.1. The summed E-state index contributed by atoms with van der Waals surface area (Å²) >= 11 is 6.64. The maximum atomic E-state index is 15.5. The summed E-state index contributed by atoms with van der Waals surface area (Å²) in [5.41, 5.74) is 3.65. The summed E-state index contributed by atoms with van der Waals surface area (Å²) in [6.45, 7) is 6.15. The van der Waals surface area contributed by atoms with E-state index in [2.05, 4.69) is 25.3 Å². The molecule has 3 aromatic heterocycles. The third-order valence-electron chi connectivity index (χ3n) is 6.96. The van der Waals surface area contributed by atoms with Crippen molar-refractivity contribution in [3.63, 3.8) is 0 Å². The smallest absolute Gasteiger partial charge is 0.322 e.